The van der Waals surface area contributed by atoms with Gasteiger partial charge in [0.15, 0.2) is 9.84 Å². The maximum Gasteiger partial charge on any atom is 0.226 e. The Morgan fingerprint density at radius 2 is 1.71 bits per heavy atom. The molecule has 2 saturated carbocycles. The van der Waals surface area contributed by atoms with Gasteiger partial charge in [0.2, 0.25) is 11.8 Å². The number of amides is 2. The maximum atomic E-state index is 12.8. The number of hydrogen-bond donors (Lipinski definition) is 2. The molecule has 0 aromatic rings. The average molecular weight is 458 g/mol. The number of rotatable bonds is 7. The van der Waals surface area contributed by atoms with Gasteiger partial charge in [0.05, 0.1) is 11.4 Å². The smallest absolute Gasteiger partial charge is 0.226 e. The first-order valence-corrected chi connectivity index (χ1v) is 13.6. The minimum atomic E-state index is -2.97. The molecule has 2 atom stereocenters. The lowest BCUT2D eigenvalue weighted by molar-refractivity contribution is -0.139. The lowest BCUT2D eigenvalue weighted by Gasteiger charge is -2.33. The Bertz CT molecular complexity index is 727. The van der Waals surface area contributed by atoms with Gasteiger partial charge in [0.25, 0.3) is 0 Å². The Balaban J connectivity index is 1.36. The Kier molecular flexibility index (Phi) is 8.37. The van der Waals surface area contributed by atoms with Crippen molar-refractivity contribution in [3.05, 3.63) is 0 Å². The molecule has 0 spiro atoms. The van der Waals surface area contributed by atoms with E-state index in [1.165, 1.54) is 0 Å². The van der Waals surface area contributed by atoms with Crippen LogP contribution >= 0.6 is 0 Å². The van der Waals surface area contributed by atoms with E-state index in [1.807, 2.05) is 14.0 Å². The van der Waals surface area contributed by atoms with Gasteiger partial charge < -0.3 is 10.2 Å². The summed E-state index contributed by atoms with van der Waals surface area (Å²) in [7, 11) is -1.14. The third-order valence-electron chi connectivity index (χ3n) is 7.40. The van der Waals surface area contributed by atoms with Crippen LogP contribution in [-0.2, 0) is 24.3 Å². The Morgan fingerprint density at radius 1 is 1.06 bits per heavy atom. The molecule has 0 radical (unpaired) electrons. The number of sulfone groups is 1. The molecule has 178 valence electrons. The molecular weight excluding hydrogens is 418 g/mol. The highest BCUT2D eigenvalue weighted by Gasteiger charge is 2.35. The summed E-state index contributed by atoms with van der Waals surface area (Å²) in [5.74, 6) is 0.701. The zero-order valence-corrected chi connectivity index (χ0v) is 20.0. The molecule has 2 amide bonds. The molecule has 3 fully saturated rings. The molecule has 2 aliphatic carbocycles. The summed E-state index contributed by atoms with van der Waals surface area (Å²) in [6.07, 6.45) is 7.50. The van der Waals surface area contributed by atoms with E-state index in [2.05, 4.69) is 10.8 Å². The predicted molar refractivity (Wildman–Crippen MR) is 119 cm³/mol. The van der Waals surface area contributed by atoms with E-state index >= 15 is 0 Å². The lowest BCUT2D eigenvalue weighted by Crippen LogP contribution is -2.47. The Hall–Kier alpha value is -1.19. The highest BCUT2D eigenvalue weighted by Crippen LogP contribution is 2.31. The second-order valence-corrected chi connectivity index (χ2v) is 12.2. The molecule has 2 unspecified atom stereocenters. The molecule has 1 aliphatic heterocycles. The van der Waals surface area contributed by atoms with E-state index in [9.17, 15) is 18.0 Å². The number of carbonyl (C=O) groups is 2. The van der Waals surface area contributed by atoms with Crippen LogP contribution in [0.25, 0.3) is 0 Å². The average Bonchev–Trinajstić information content (AvgIpc) is 3.20. The van der Waals surface area contributed by atoms with E-state index in [-0.39, 0.29) is 53.0 Å². The fourth-order valence-electron chi connectivity index (χ4n) is 5.25. The van der Waals surface area contributed by atoms with Gasteiger partial charge >= 0.3 is 0 Å². The van der Waals surface area contributed by atoms with Gasteiger partial charge in [-0.3, -0.25) is 14.4 Å². The molecule has 0 aromatic heterocycles. The van der Waals surface area contributed by atoms with Crippen LogP contribution in [-0.4, -0.2) is 61.5 Å². The van der Waals surface area contributed by atoms with E-state index < -0.39 is 9.84 Å². The zero-order valence-electron chi connectivity index (χ0n) is 19.1. The molecule has 31 heavy (non-hydrogen) atoms. The first-order valence-electron chi connectivity index (χ1n) is 11.9. The quantitative estimate of drug-likeness (QED) is 0.607. The van der Waals surface area contributed by atoms with Crippen molar-refractivity contribution >= 4 is 21.7 Å². The Morgan fingerprint density at radius 3 is 2.26 bits per heavy atom. The van der Waals surface area contributed by atoms with E-state index in [4.69, 9.17) is 4.84 Å². The monoisotopic (exact) mass is 457 g/mol. The van der Waals surface area contributed by atoms with Gasteiger partial charge in [-0.25, -0.2) is 8.42 Å². The summed E-state index contributed by atoms with van der Waals surface area (Å²) in [4.78, 5) is 32.4. The van der Waals surface area contributed by atoms with Crippen LogP contribution in [0.5, 0.6) is 0 Å². The molecule has 9 heteroatoms. The minimum Gasteiger partial charge on any atom is -0.353 e. The summed E-state index contributed by atoms with van der Waals surface area (Å²) in [6.45, 7) is 3.69. The van der Waals surface area contributed by atoms with Crippen molar-refractivity contribution in [1.82, 2.24) is 15.7 Å². The summed E-state index contributed by atoms with van der Waals surface area (Å²) < 4.78 is 24.1. The molecule has 3 aliphatic rings. The summed E-state index contributed by atoms with van der Waals surface area (Å²) >= 11 is 0. The summed E-state index contributed by atoms with van der Waals surface area (Å²) in [5.41, 5.74) is 2.93. The van der Waals surface area contributed by atoms with Crippen molar-refractivity contribution < 1.29 is 22.8 Å². The topological polar surface area (TPSA) is 105 Å². The van der Waals surface area contributed by atoms with Crippen LogP contribution in [0.1, 0.15) is 78.1 Å². The predicted octanol–water partition coefficient (Wildman–Crippen LogP) is 2.14. The third-order valence-corrected chi connectivity index (χ3v) is 9.69. The van der Waals surface area contributed by atoms with Crippen LogP contribution < -0.4 is 10.8 Å². The first-order chi connectivity index (χ1) is 14.7. The van der Waals surface area contributed by atoms with Gasteiger partial charge in [-0.2, -0.15) is 5.48 Å². The second-order valence-electron chi connectivity index (χ2n) is 9.66. The van der Waals surface area contributed by atoms with Crippen molar-refractivity contribution in [3.8, 4) is 0 Å². The van der Waals surface area contributed by atoms with E-state index in [1.54, 1.807) is 11.8 Å². The molecule has 2 N–H and O–H groups in total. The SMILES string of the molecule is CCS(=O)(=O)C1CCC(CC(=O)NC2CCC(C(=O)N(C)C3CC(C)ON3)CC2)CC1. The van der Waals surface area contributed by atoms with Crippen LogP contribution in [0.3, 0.4) is 0 Å². The van der Waals surface area contributed by atoms with Crippen LogP contribution in [0.4, 0.5) is 0 Å². The lowest BCUT2D eigenvalue weighted by atomic mass is 9.84. The molecule has 0 aromatic carbocycles. The third kappa shape index (κ3) is 6.42. The van der Waals surface area contributed by atoms with Gasteiger partial charge in [-0.15, -0.1) is 0 Å². The Labute approximate surface area is 186 Å². The van der Waals surface area contributed by atoms with Gasteiger partial charge in [-0.1, -0.05) is 6.92 Å². The van der Waals surface area contributed by atoms with Crippen molar-refractivity contribution in [1.29, 1.82) is 0 Å². The zero-order chi connectivity index (χ0) is 22.6. The van der Waals surface area contributed by atoms with Crippen LogP contribution in [0.2, 0.25) is 0 Å². The largest absolute Gasteiger partial charge is 0.353 e. The minimum absolute atomic E-state index is 0.00616. The first kappa shape index (κ1) is 24.5. The molecule has 1 heterocycles. The number of carbonyl (C=O) groups excluding carboxylic acids is 2. The van der Waals surface area contributed by atoms with Crippen molar-refractivity contribution in [3.63, 3.8) is 0 Å². The standard InChI is InChI=1S/C22H39N3O5S/c1-4-31(28,29)19-11-5-16(6-12-19)14-21(26)23-18-9-7-17(8-10-18)22(27)25(3)20-13-15(2)30-24-20/h15-20,24H,4-14H2,1-3H3,(H,23,26). The fourth-order valence-corrected chi connectivity index (χ4v) is 6.71. The molecule has 8 nitrogen and oxygen atoms in total. The van der Waals surface area contributed by atoms with Gasteiger partial charge in [-0.05, 0) is 64.2 Å². The molecular formula is C22H39N3O5S. The number of hydroxylamine groups is 1. The van der Waals surface area contributed by atoms with Crippen LogP contribution in [0, 0.1) is 11.8 Å². The van der Waals surface area contributed by atoms with Gasteiger partial charge in [0.1, 0.15) is 6.17 Å². The highest BCUT2D eigenvalue weighted by atomic mass is 32.2. The normalized spacial score (nSPS) is 34.3. The van der Waals surface area contributed by atoms with Gasteiger partial charge in [0, 0.05) is 37.6 Å². The maximum absolute atomic E-state index is 12.8. The summed E-state index contributed by atoms with van der Waals surface area (Å²) in [6, 6.07) is 0.131. The highest BCUT2D eigenvalue weighted by molar-refractivity contribution is 7.92. The fraction of sp³-hybridized carbons (Fsp3) is 0.909. The van der Waals surface area contributed by atoms with E-state index in [0.29, 0.717) is 19.3 Å². The van der Waals surface area contributed by atoms with E-state index in [0.717, 1.165) is 44.9 Å². The molecule has 3 rings (SSSR count). The molecule has 1 saturated heterocycles. The summed E-state index contributed by atoms with van der Waals surface area (Å²) in [5, 5.41) is 2.93. The van der Waals surface area contributed by atoms with Crippen molar-refractivity contribution in [2.75, 3.05) is 12.8 Å². The number of nitrogens with zero attached hydrogens (tertiary/aromatic N) is 1. The van der Waals surface area contributed by atoms with Crippen molar-refractivity contribution in [2.45, 2.75) is 102 Å². The molecule has 0 bridgehead atoms. The second kappa shape index (κ2) is 10.6. The van der Waals surface area contributed by atoms with Crippen LogP contribution in [0.15, 0.2) is 0 Å². The van der Waals surface area contributed by atoms with Crippen molar-refractivity contribution in [2.24, 2.45) is 11.8 Å². The number of hydrogen-bond acceptors (Lipinski definition) is 6. The number of nitrogens with one attached hydrogen (secondary N) is 2.